The molecule has 1 aliphatic heterocycles. The monoisotopic (exact) mass is 308 g/mol. The summed E-state index contributed by atoms with van der Waals surface area (Å²) < 4.78 is 0. The van der Waals surface area contributed by atoms with Gasteiger partial charge in [-0.2, -0.15) is 0 Å². The molecule has 114 valence electrons. The molecule has 0 saturated carbocycles. The molecule has 1 aliphatic rings. The molecule has 1 saturated heterocycles. The summed E-state index contributed by atoms with van der Waals surface area (Å²) in [4.78, 5) is 27.3. The normalized spacial score (nSPS) is 17.1. The zero-order valence-corrected chi connectivity index (χ0v) is 13.3. The summed E-state index contributed by atoms with van der Waals surface area (Å²) in [5, 5.41) is 0.716. The van der Waals surface area contributed by atoms with Crippen LogP contribution in [0.4, 0.5) is 0 Å². The van der Waals surface area contributed by atoms with Crippen molar-refractivity contribution in [3.8, 4) is 0 Å². The molecule has 0 spiro atoms. The standard InChI is InChI=1S/C16H21ClN2O2/c1-12(14-5-3-4-6-15(14)17)18(2)11-16(21)19-9-7-13(20)8-10-19/h3-6,12H,7-11H2,1-2H3. The van der Waals surface area contributed by atoms with Crippen LogP contribution in [0, 0.1) is 0 Å². The van der Waals surface area contributed by atoms with Crippen LogP contribution in [-0.2, 0) is 9.59 Å². The lowest BCUT2D eigenvalue weighted by molar-refractivity contribution is -0.135. The Bertz CT molecular complexity index is 523. The van der Waals surface area contributed by atoms with Crippen molar-refractivity contribution in [2.24, 2.45) is 0 Å². The van der Waals surface area contributed by atoms with E-state index in [-0.39, 0.29) is 17.7 Å². The molecule has 5 heteroatoms. The summed E-state index contributed by atoms with van der Waals surface area (Å²) in [6.45, 7) is 3.47. The number of piperidine rings is 1. The highest BCUT2D eigenvalue weighted by molar-refractivity contribution is 6.31. The van der Waals surface area contributed by atoms with Crippen LogP contribution >= 0.6 is 11.6 Å². The van der Waals surface area contributed by atoms with E-state index in [9.17, 15) is 9.59 Å². The van der Waals surface area contributed by atoms with Crippen molar-refractivity contribution in [3.63, 3.8) is 0 Å². The predicted octanol–water partition coefficient (Wildman–Crippen LogP) is 2.52. The number of nitrogens with zero attached hydrogens (tertiary/aromatic N) is 2. The molecule has 0 aromatic heterocycles. The van der Waals surface area contributed by atoms with Crippen molar-refractivity contribution < 1.29 is 9.59 Å². The fraction of sp³-hybridized carbons (Fsp3) is 0.500. The Morgan fingerprint density at radius 3 is 2.57 bits per heavy atom. The smallest absolute Gasteiger partial charge is 0.236 e. The van der Waals surface area contributed by atoms with E-state index in [1.807, 2.05) is 43.1 Å². The second-order valence-corrected chi connectivity index (χ2v) is 5.94. The van der Waals surface area contributed by atoms with Gasteiger partial charge >= 0.3 is 0 Å². The van der Waals surface area contributed by atoms with Crippen molar-refractivity contribution in [1.29, 1.82) is 0 Å². The van der Waals surface area contributed by atoms with Crippen LogP contribution in [0.2, 0.25) is 5.02 Å². The van der Waals surface area contributed by atoms with E-state index >= 15 is 0 Å². The number of amides is 1. The molecule has 1 heterocycles. The lowest BCUT2D eigenvalue weighted by Gasteiger charge is -2.30. The maximum Gasteiger partial charge on any atom is 0.236 e. The van der Waals surface area contributed by atoms with E-state index in [0.29, 0.717) is 37.5 Å². The number of likely N-dealkylation sites (N-methyl/N-ethyl adjacent to an activating group) is 1. The molecule has 0 bridgehead atoms. The molecule has 1 amide bonds. The summed E-state index contributed by atoms with van der Waals surface area (Å²) in [6.07, 6.45) is 0.963. The van der Waals surface area contributed by atoms with Crippen LogP contribution in [0.5, 0.6) is 0 Å². The third-order valence-corrected chi connectivity index (χ3v) is 4.42. The molecule has 4 nitrogen and oxygen atoms in total. The Balaban J connectivity index is 1.94. The number of carbonyl (C=O) groups excluding carboxylic acids is 2. The third-order valence-electron chi connectivity index (χ3n) is 4.07. The average Bonchev–Trinajstić information content (AvgIpc) is 2.47. The highest BCUT2D eigenvalue weighted by Crippen LogP contribution is 2.26. The first-order chi connectivity index (χ1) is 9.99. The van der Waals surface area contributed by atoms with E-state index in [0.717, 1.165) is 5.56 Å². The number of rotatable bonds is 4. The minimum absolute atomic E-state index is 0.0640. The predicted molar refractivity (Wildman–Crippen MR) is 83.3 cm³/mol. The highest BCUT2D eigenvalue weighted by Gasteiger charge is 2.23. The lowest BCUT2D eigenvalue weighted by Crippen LogP contribution is -2.43. The Morgan fingerprint density at radius 2 is 1.95 bits per heavy atom. The number of likely N-dealkylation sites (tertiary alicyclic amines) is 1. The second kappa shape index (κ2) is 7.05. The van der Waals surface area contributed by atoms with Crippen LogP contribution in [0.1, 0.15) is 31.4 Å². The molecular formula is C16H21ClN2O2. The van der Waals surface area contributed by atoms with Crippen molar-refractivity contribution in [3.05, 3.63) is 34.9 Å². The number of Topliss-reactive ketones (excluding diaryl/α,β-unsaturated/α-hetero) is 1. The molecule has 2 rings (SSSR count). The average molecular weight is 309 g/mol. The van der Waals surface area contributed by atoms with Crippen LogP contribution < -0.4 is 0 Å². The Kier molecular flexibility index (Phi) is 5.37. The summed E-state index contributed by atoms with van der Waals surface area (Å²) in [5.74, 6) is 0.320. The van der Waals surface area contributed by atoms with Gasteiger partial charge in [0.15, 0.2) is 0 Å². The van der Waals surface area contributed by atoms with E-state index in [2.05, 4.69) is 0 Å². The van der Waals surface area contributed by atoms with Gasteiger partial charge in [0, 0.05) is 37.0 Å². The summed E-state index contributed by atoms with van der Waals surface area (Å²) >= 11 is 6.20. The maximum absolute atomic E-state index is 12.3. The summed E-state index contributed by atoms with van der Waals surface area (Å²) in [6, 6.07) is 7.75. The van der Waals surface area contributed by atoms with Crippen LogP contribution in [-0.4, -0.2) is 48.2 Å². The van der Waals surface area contributed by atoms with Gasteiger partial charge in [0.2, 0.25) is 5.91 Å². The van der Waals surface area contributed by atoms with E-state index in [1.165, 1.54) is 0 Å². The Morgan fingerprint density at radius 1 is 1.33 bits per heavy atom. The van der Waals surface area contributed by atoms with Gasteiger partial charge in [0.05, 0.1) is 6.54 Å². The Labute approximate surface area is 130 Å². The van der Waals surface area contributed by atoms with Crippen molar-refractivity contribution in [2.75, 3.05) is 26.7 Å². The molecular weight excluding hydrogens is 288 g/mol. The van der Waals surface area contributed by atoms with Crippen LogP contribution in [0.3, 0.4) is 0 Å². The van der Waals surface area contributed by atoms with Crippen molar-refractivity contribution in [1.82, 2.24) is 9.80 Å². The number of halogens is 1. The molecule has 0 aliphatic carbocycles. The highest BCUT2D eigenvalue weighted by atomic mass is 35.5. The number of hydrogen-bond acceptors (Lipinski definition) is 3. The fourth-order valence-electron chi connectivity index (χ4n) is 2.51. The van der Waals surface area contributed by atoms with Crippen molar-refractivity contribution in [2.45, 2.75) is 25.8 Å². The number of hydrogen-bond donors (Lipinski definition) is 0. The van der Waals surface area contributed by atoms with E-state index < -0.39 is 0 Å². The topological polar surface area (TPSA) is 40.6 Å². The van der Waals surface area contributed by atoms with Gasteiger partial charge in [-0.05, 0) is 25.6 Å². The second-order valence-electron chi connectivity index (χ2n) is 5.53. The van der Waals surface area contributed by atoms with Gasteiger partial charge in [0.1, 0.15) is 5.78 Å². The molecule has 0 radical (unpaired) electrons. The minimum Gasteiger partial charge on any atom is -0.341 e. The maximum atomic E-state index is 12.3. The van der Waals surface area contributed by atoms with Crippen molar-refractivity contribution >= 4 is 23.3 Å². The lowest BCUT2D eigenvalue weighted by atomic mass is 10.1. The van der Waals surface area contributed by atoms with Gasteiger partial charge in [-0.1, -0.05) is 29.8 Å². The molecule has 1 aromatic rings. The molecule has 1 atom stereocenters. The van der Waals surface area contributed by atoms with Crippen LogP contribution in [0.15, 0.2) is 24.3 Å². The van der Waals surface area contributed by atoms with E-state index in [4.69, 9.17) is 11.6 Å². The van der Waals surface area contributed by atoms with Gasteiger partial charge in [-0.3, -0.25) is 14.5 Å². The van der Waals surface area contributed by atoms with E-state index in [1.54, 1.807) is 4.90 Å². The number of benzene rings is 1. The van der Waals surface area contributed by atoms with Gasteiger partial charge < -0.3 is 4.90 Å². The summed E-state index contributed by atoms with van der Waals surface area (Å²) in [7, 11) is 1.92. The van der Waals surface area contributed by atoms with Gasteiger partial charge in [-0.15, -0.1) is 0 Å². The Hall–Kier alpha value is -1.39. The van der Waals surface area contributed by atoms with Gasteiger partial charge in [0.25, 0.3) is 0 Å². The first-order valence-corrected chi connectivity index (χ1v) is 7.61. The van der Waals surface area contributed by atoms with Gasteiger partial charge in [-0.25, -0.2) is 0 Å². The molecule has 1 unspecified atom stereocenters. The molecule has 0 N–H and O–H groups in total. The number of carbonyl (C=O) groups is 2. The summed E-state index contributed by atoms with van der Waals surface area (Å²) in [5.41, 5.74) is 1.02. The van der Waals surface area contributed by atoms with Crippen LogP contribution in [0.25, 0.3) is 0 Å². The number of ketones is 1. The first kappa shape index (κ1) is 16.0. The molecule has 21 heavy (non-hydrogen) atoms. The zero-order chi connectivity index (χ0) is 15.4. The largest absolute Gasteiger partial charge is 0.341 e. The SMILES string of the molecule is CC(c1ccccc1Cl)N(C)CC(=O)N1CCC(=O)CC1. The molecule has 1 aromatic carbocycles. The minimum atomic E-state index is 0.0640. The zero-order valence-electron chi connectivity index (χ0n) is 12.5. The first-order valence-electron chi connectivity index (χ1n) is 7.23. The third kappa shape index (κ3) is 4.05. The quantitative estimate of drug-likeness (QED) is 0.858. The fourth-order valence-corrected chi connectivity index (χ4v) is 2.80. The molecule has 1 fully saturated rings.